The van der Waals surface area contributed by atoms with E-state index in [0.717, 1.165) is 22.0 Å². The van der Waals surface area contributed by atoms with Crippen molar-refractivity contribution in [2.45, 2.75) is 10.9 Å². The molecule has 2 aromatic heterocycles. The fourth-order valence-corrected chi connectivity index (χ4v) is 3.17. The first-order chi connectivity index (χ1) is 10.2. The Morgan fingerprint density at radius 2 is 2.10 bits per heavy atom. The molecule has 2 heterocycles. The highest BCUT2D eigenvalue weighted by atomic mass is 32.2. The number of nitrogens with one attached hydrogen (secondary N) is 1. The molecule has 0 aliphatic carbocycles. The molecule has 0 aliphatic rings. The van der Waals surface area contributed by atoms with Gasteiger partial charge in [0.25, 0.3) is 0 Å². The van der Waals surface area contributed by atoms with Gasteiger partial charge in [0, 0.05) is 11.3 Å². The van der Waals surface area contributed by atoms with E-state index in [-0.39, 0.29) is 0 Å². The van der Waals surface area contributed by atoms with E-state index in [1.165, 1.54) is 0 Å². The lowest BCUT2D eigenvalue weighted by Crippen LogP contribution is -2.10. The molecule has 3 aromatic rings. The second-order valence-corrected chi connectivity index (χ2v) is 6.18. The number of thioether (sulfide) groups is 1. The average Bonchev–Trinajstić information content (AvgIpc) is 3.16. The number of aromatic amines is 1. The summed E-state index contributed by atoms with van der Waals surface area (Å²) >= 11 is 3.16. The number of rotatable bonds is 5. The number of H-pyrrole nitrogens is 1. The van der Waals surface area contributed by atoms with E-state index in [2.05, 4.69) is 15.2 Å². The minimum atomic E-state index is -0.413. The van der Waals surface area contributed by atoms with Crippen molar-refractivity contribution in [3.8, 4) is 10.7 Å². The van der Waals surface area contributed by atoms with Crippen molar-refractivity contribution in [1.82, 2.24) is 15.2 Å². The third-order valence-corrected chi connectivity index (χ3v) is 4.62. The topological polar surface area (TPSA) is 84.7 Å². The lowest BCUT2D eigenvalue weighted by atomic mass is 10.1. The molecule has 0 saturated heterocycles. The van der Waals surface area contributed by atoms with Crippen molar-refractivity contribution in [3.05, 3.63) is 52.9 Å². The van der Waals surface area contributed by atoms with E-state index in [0.29, 0.717) is 10.7 Å². The number of hydrogen-bond acceptors (Lipinski definition) is 5. The second-order valence-electron chi connectivity index (χ2n) is 4.29. The van der Waals surface area contributed by atoms with E-state index < -0.39 is 5.91 Å². The number of carbonyl (C=O) groups is 1. The highest BCUT2D eigenvalue weighted by Crippen LogP contribution is 2.24. The van der Waals surface area contributed by atoms with Crippen molar-refractivity contribution in [2.75, 3.05) is 0 Å². The van der Waals surface area contributed by atoms with Crippen LogP contribution in [0.1, 0.15) is 15.9 Å². The number of hydrogen-bond donors (Lipinski definition) is 2. The SMILES string of the molecule is NC(=O)c1ccc(CSc2n[nH]c(-c3cccs3)n2)cc1. The molecule has 3 N–H and O–H groups in total. The standard InChI is InChI=1S/C14H12N4OS2/c15-12(19)10-5-3-9(4-6-10)8-21-14-16-13(17-18-14)11-2-1-7-20-11/h1-7H,8H2,(H2,15,19)(H,16,17,18). The number of amides is 1. The van der Waals surface area contributed by atoms with Crippen LogP contribution in [0.15, 0.2) is 46.9 Å². The quantitative estimate of drug-likeness (QED) is 0.709. The summed E-state index contributed by atoms with van der Waals surface area (Å²) in [6.45, 7) is 0. The van der Waals surface area contributed by atoms with Gasteiger partial charge in [0.15, 0.2) is 5.82 Å². The third kappa shape index (κ3) is 3.32. The molecule has 0 fully saturated rings. The van der Waals surface area contributed by atoms with Crippen LogP contribution in [0.2, 0.25) is 0 Å². The van der Waals surface area contributed by atoms with Crippen LogP contribution >= 0.6 is 23.1 Å². The Hall–Kier alpha value is -2.12. The molecule has 21 heavy (non-hydrogen) atoms. The summed E-state index contributed by atoms with van der Waals surface area (Å²) in [5.74, 6) is 1.11. The van der Waals surface area contributed by atoms with Crippen LogP contribution in [-0.2, 0) is 5.75 Å². The van der Waals surface area contributed by atoms with Gasteiger partial charge >= 0.3 is 0 Å². The van der Waals surface area contributed by atoms with Gasteiger partial charge in [-0.1, -0.05) is 30.0 Å². The van der Waals surface area contributed by atoms with Gasteiger partial charge < -0.3 is 5.73 Å². The van der Waals surface area contributed by atoms with E-state index in [1.807, 2.05) is 29.6 Å². The zero-order valence-corrected chi connectivity index (χ0v) is 12.6. The van der Waals surface area contributed by atoms with Crippen LogP contribution < -0.4 is 5.73 Å². The fraction of sp³-hybridized carbons (Fsp3) is 0.0714. The number of benzene rings is 1. The fourth-order valence-electron chi connectivity index (χ4n) is 1.75. The Morgan fingerprint density at radius 3 is 2.76 bits per heavy atom. The van der Waals surface area contributed by atoms with E-state index >= 15 is 0 Å². The molecule has 1 amide bonds. The second kappa shape index (κ2) is 6.11. The molecule has 106 valence electrons. The third-order valence-electron chi connectivity index (χ3n) is 2.83. The Labute approximate surface area is 129 Å². The summed E-state index contributed by atoms with van der Waals surface area (Å²) in [6, 6.07) is 11.2. The number of carbonyl (C=O) groups excluding carboxylic acids is 1. The molecule has 0 aliphatic heterocycles. The predicted octanol–water partition coefficient (Wildman–Crippen LogP) is 2.92. The van der Waals surface area contributed by atoms with Gasteiger partial charge in [-0.15, -0.1) is 16.4 Å². The predicted molar refractivity (Wildman–Crippen MR) is 84.2 cm³/mol. The first-order valence-electron chi connectivity index (χ1n) is 6.20. The van der Waals surface area contributed by atoms with Crippen LogP contribution in [0.3, 0.4) is 0 Å². The largest absolute Gasteiger partial charge is 0.366 e. The molecule has 3 rings (SSSR count). The van der Waals surface area contributed by atoms with Crippen LogP contribution in [-0.4, -0.2) is 21.1 Å². The maximum Gasteiger partial charge on any atom is 0.248 e. The van der Waals surface area contributed by atoms with Crippen molar-refractivity contribution < 1.29 is 4.79 Å². The van der Waals surface area contributed by atoms with Crippen molar-refractivity contribution in [1.29, 1.82) is 0 Å². The summed E-state index contributed by atoms with van der Waals surface area (Å²) in [7, 11) is 0. The number of aromatic nitrogens is 3. The van der Waals surface area contributed by atoms with Gasteiger partial charge in [-0.25, -0.2) is 4.98 Å². The van der Waals surface area contributed by atoms with Gasteiger partial charge in [-0.3, -0.25) is 9.89 Å². The number of primary amides is 1. The Kier molecular flexibility index (Phi) is 4.03. The van der Waals surface area contributed by atoms with Crippen molar-refractivity contribution in [3.63, 3.8) is 0 Å². The van der Waals surface area contributed by atoms with Crippen LogP contribution in [0.4, 0.5) is 0 Å². The van der Waals surface area contributed by atoms with Crippen LogP contribution in [0.5, 0.6) is 0 Å². The monoisotopic (exact) mass is 316 g/mol. The lowest BCUT2D eigenvalue weighted by Gasteiger charge is -2.00. The summed E-state index contributed by atoms with van der Waals surface area (Å²) in [4.78, 5) is 16.5. The maximum absolute atomic E-state index is 11.0. The normalized spacial score (nSPS) is 10.7. The molecule has 0 unspecified atom stereocenters. The summed E-state index contributed by atoms with van der Waals surface area (Å²) in [5.41, 5.74) is 6.82. The molecule has 0 saturated carbocycles. The highest BCUT2D eigenvalue weighted by Gasteiger charge is 2.07. The molecule has 0 atom stereocenters. The van der Waals surface area contributed by atoms with Gasteiger partial charge in [0.1, 0.15) is 0 Å². The molecule has 0 radical (unpaired) electrons. The molecule has 7 heteroatoms. The van der Waals surface area contributed by atoms with Crippen molar-refractivity contribution in [2.24, 2.45) is 5.73 Å². The summed E-state index contributed by atoms with van der Waals surface area (Å²) < 4.78 is 0. The molecule has 0 bridgehead atoms. The van der Waals surface area contributed by atoms with E-state index in [4.69, 9.17) is 5.73 Å². The Balaban J connectivity index is 1.64. The van der Waals surface area contributed by atoms with Crippen LogP contribution in [0, 0.1) is 0 Å². The number of nitrogens with two attached hydrogens (primary N) is 1. The summed E-state index contributed by atoms with van der Waals surface area (Å²) in [5, 5.41) is 9.84. The Bertz CT molecular complexity index is 735. The minimum absolute atomic E-state index is 0.413. The molecular weight excluding hydrogens is 304 g/mol. The number of thiophene rings is 1. The smallest absolute Gasteiger partial charge is 0.248 e. The van der Waals surface area contributed by atoms with Gasteiger partial charge in [-0.05, 0) is 29.1 Å². The number of nitrogens with zero attached hydrogens (tertiary/aromatic N) is 2. The van der Waals surface area contributed by atoms with Crippen molar-refractivity contribution >= 4 is 29.0 Å². The van der Waals surface area contributed by atoms with Gasteiger partial charge in [-0.2, -0.15) is 0 Å². The van der Waals surface area contributed by atoms with Crippen LogP contribution in [0.25, 0.3) is 10.7 Å². The molecular formula is C14H12N4OS2. The average molecular weight is 316 g/mol. The van der Waals surface area contributed by atoms with E-state index in [1.54, 1.807) is 35.2 Å². The maximum atomic E-state index is 11.0. The zero-order valence-electron chi connectivity index (χ0n) is 10.9. The summed E-state index contributed by atoms with van der Waals surface area (Å²) in [6.07, 6.45) is 0. The lowest BCUT2D eigenvalue weighted by molar-refractivity contribution is 0.100. The highest BCUT2D eigenvalue weighted by molar-refractivity contribution is 7.98. The first kappa shape index (κ1) is 13.8. The molecule has 5 nitrogen and oxygen atoms in total. The van der Waals surface area contributed by atoms with E-state index in [9.17, 15) is 4.79 Å². The zero-order chi connectivity index (χ0) is 14.7. The molecule has 1 aromatic carbocycles. The van der Waals surface area contributed by atoms with Gasteiger partial charge in [0.2, 0.25) is 11.1 Å². The van der Waals surface area contributed by atoms with Gasteiger partial charge in [0.05, 0.1) is 4.88 Å². The molecule has 0 spiro atoms. The Morgan fingerprint density at radius 1 is 1.29 bits per heavy atom. The minimum Gasteiger partial charge on any atom is -0.366 e. The first-order valence-corrected chi connectivity index (χ1v) is 8.07.